The van der Waals surface area contributed by atoms with Crippen LogP contribution in [0.1, 0.15) is 27.4 Å². The zero-order chi connectivity index (χ0) is 17.6. The van der Waals surface area contributed by atoms with Crippen molar-refractivity contribution < 1.29 is 14.3 Å². The Balaban J connectivity index is 2.13. The Morgan fingerprint density at radius 1 is 0.880 bits per heavy atom. The molecule has 0 radical (unpaired) electrons. The summed E-state index contributed by atoms with van der Waals surface area (Å²) in [5.41, 5.74) is 2.56. The maximum Gasteiger partial charge on any atom is 0.182 e. The van der Waals surface area contributed by atoms with Gasteiger partial charge in [0.25, 0.3) is 0 Å². The maximum absolute atomic E-state index is 13.0. The van der Waals surface area contributed by atoms with Gasteiger partial charge in [0.2, 0.25) is 0 Å². The van der Waals surface area contributed by atoms with Crippen LogP contribution in [-0.2, 0) is 0 Å². The first-order valence-corrected chi connectivity index (χ1v) is 8.51. The van der Waals surface area contributed by atoms with Crippen LogP contribution in [-0.4, -0.2) is 25.4 Å². The van der Waals surface area contributed by atoms with Crippen molar-refractivity contribution in [3.63, 3.8) is 0 Å². The Kier molecular flexibility index (Phi) is 3.89. The number of ether oxygens (including phenoxy) is 2. The Hall–Kier alpha value is -2.52. The molecule has 2 atom stereocenters. The Morgan fingerprint density at radius 2 is 1.56 bits per heavy atom. The minimum atomic E-state index is -0.678. The zero-order valence-corrected chi connectivity index (χ0v) is 14.7. The summed E-state index contributed by atoms with van der Waals surface area (Å²) >= 11 is 6.65. The van der Waals surface area contributed by atoms with E-state index in [1.165, 1.54) is 0 Å². The molecule has 0 unspecified atom stereocenters. The van der Waals surface area contributed by atoms with Gasteiger partial charge in [-0.15, -0.1) is 11.6 Å². The first-order chi connectivity index (χ1) is 12.2. The molecule has 0 heterocycles. The summed E-state index contributed by atoms with van der Waals surface area (Å²) in [4.78, 5) is 13.0. The highest BCUT2D eigenvalue weighted by Crippen LogP contribution is 2.48. The predicted molar refractivity (Wildman–Crippen MR) is 99.3 cm³/mol. The van der Waals surface area contributed by atoms with E-state index in [9.17, 15) is 4.79 Å². The average molecular weight is 353 g/mol. The minimum Gasteiger partial charge on any atom is -0.496 e. The van der Waals surface area contributed by atoms with Crippen molar-refractivity contribution in [2.24, 2.45) is 0 Å². The molecular formula is C21H17ClO3. The topological polar surface area (TPSA) is 35.5 Å². The van der Waals surface area contributed by atoms with Crippen molar-refractivity contribution in [3.05, 3.63) is 71.3 Å². The van der Waals surface area contributed by atoms with Crippen molar-refractivity contribution in [2.75, 3.05) is 14.2 Å². The molecule has 3 aromatic carbocycles. The van der Waals surface area contributed by atoms with Crippen molar-refractivity contribution in [1.29, 1.82) is 0 Å². The normalized spacial score (nSPS) is 19.1. The van der Waals surface area contributed by atoms with Crippen LogP contribution in [0, 0.1) is 0 Å². The van der Waals surface area contributed by atoms with Crippen molar-refractivity contribution >= 4 is 28.2 Å². The van der Waals surface area contributed by atoms with E-state index in [0.29, 0.717) is 5.56 Å². The van der Waals surface area contributed by atoms with Gasteiger partial charge in [-0.3, -0.25) is 4.79 Å². The molecule has 0 fully saturated rings. The second-order valence-electron chi connectivity index (χ2n) is 6.07. The Morgan fingerprint density at radius 3 is 2.24 bits per heavy atom. The zero-order valence-electron chi connectivity index (χ0n) is 14.0. The van der Waals surface area contributed by atoms with Crippen LogP contribution in [0.25, 0.3) is 10.8 Å². The summed E-state index contributed by atoms with van der Waals surface area (Å²) in [6.07, 6.45) is 0. The monoisotopic (exact) mass is 352 g/mol. The number of methoxy groups -OCH3 is 2. The van der Waals surface area contributed by atoms with Gasteiger partial charge in [-0.1, -0.05) is 30.3 Å². The van der Waals surface area contributed by atoms with Gasteiger partial charge in [0.05, 0.1) is 14.2 Å². The van der Waals surface area contributed by atoms with E-state index in [4.69, 9.17) is 21.1 Å². The molecule has 0 N–H and O–H groups in total. The first-order valence-electron chi connectivity index (χ1n) is 8.08. The second kappa shape index (κ2) is 6.08. The molecular weight excluding hydrogens is 336 g/mol. The van der Waals surface area contributed by atoms with Crippen LogP contribution in [0.4, 0.5) is 0 Å². The summed E-state index contributed by atoms with van der Waals surface area (Å²) in [7, 11) is 3.27. The van der Waals surface area contributed by atoms with E-state index in [0.717, 1.165) is 33.4 Å². The lowest BCUT2D eigenvalue weighted by Gasteiger charge is -2.31. The molecule has 0 saturated heterocycles. The van der Waals surface area contributed by atoms with Crippen molar-refractivity contribution in [1.82, 2.24) is 0 Å². The van der Waals surface area contributed by atoms with Crippen LogP contribution >= 0.6 is 11.6 Å². The van der Waals surface area contributed by atoms with E-state index in [-0.39, 0.29) is 11.7 Å². The second-order valence-corrected chi connectivity index (χ2v) is 6.54. The molecule has 4 heteroatoms. The van der Waals surface area contributed by atoms with E-state index in [1.807, 2.05) is 48.5 Å². The predicted octanol–water partition coefficient (Wildman–Crippen LogP) is 4.79. The van der Waals surface area contributed by atoms with Crippen LogP contribution in [0.2, 0.25) is 0 Å². The van der Waals surface area contributed by atoms with Crippen LogP contribution in [0.5, 0.6) is 11.5 Å². The standard InChI is InChI=1S/C21H17ClO3/c1-24-15-10-9-14-18-13(15)8-11-16(25-2)19(18)17(20(22)21(14)23)12-6-4-3-5-7-12/h3-11,17,20H,1-2H3/t17-,20-/m0/s1. The molecule has 0 bridgehead atoms. The van der Waals surface area contributed by atoms with Crippen molar-refractivity contribution in [3.8, 4) is 11.5 Å². The van der Waals surface area contributed by atoms with Gasteiger partial charge in [0.1, 0.15) is 16.9 Å². The third-order valence-corrected chi connectivity index (χ3v) is 5.31. The lowest BCUT2D eigenvalue weighted by molar-refractivity contribution is 0.0980. The maximum atomic E-state index is 13.0. The molecule has 126 valence electrons. The largest absolute Gasteiger partial charge is 0.496 e. The molecule has 25 heavy (non-hydrogen) atoms. The number of alkyl halides is 1. The third-order valence-electron chi connectivity index (χ3n) is 4.86. The van der Waals surface area contributed by atoms with E-state index < -0.39 is 5.38 Å². The van der Waals surface area contributed by atoms with Gasteiger partial charge in [-0.25, -0.2) is 0 Å². The third kappa shape index (κ3) is 2.30. The number of carbonyl (C=O) groups excluding carboxylic acids is 1. The van der Waals surface area contributed by atoms with Crippen LogP contribution in [0.3, 0.4) is 0 Å². The highest BCUT2D eigenvalue weighted by molar-refractivity contribution is 6.37. The molecule has 0 amide bonds. The quantitative estimate of drug-likeness (QED) is 0.635. The summed E-state index contributed by atoms with van der Waals surface area (Å²) in [6, 6.07) is 17.3. The molecule has 1 aliphatic carbocycles. The summed E-state index contributed by atoms with van der Waals surface area (Å²) in [5.74, 6) is 1.13. The highest BCUT2D eigenvalue weighted by atomic mass is 35.5. The molecule has 1 aliphatic rings. The molecule has 0 aromatic heterocycles. The fourth-order valence-corrected chi connectivity index (χ4v) is 4.13. The SMILES string of the molecule is COc1ccc2c(OC)ccc3c2c1[C@H](c1ccccc1)[C@H](Cl)C3=O. The number of hydrogen-bond acceptors (Lipinski definition) is 3. The Labute approximate surface area is 151 Å². The smallest absolute Gasteiger partial charge is 0.182 e. The summed E-state index contributed by atoms with van der Waals surface area (Å²) in [5, 5.41) is 1.09. The highest BCUT2D eigenvalue weighted by Gasteiger charge is 2.39. The molecule has 0 aliphatic heterocycles. The molecule has 4 rings (SSSR count). The number of Topliss-reactive ketones (excluding diaryl/α,β-unsaturated/α-hetero) is 1. The molecule has 3 aromatic rings. The molecule has 3 nitrogen and oxygen atoms in total. The number of benzene rings is 3. The number of hydrogen-bond donors (Lipinski definition) is 0. The van der Waals surface area contributed by atoms with E-state index in [2.05, 4.69) is 0 Å². The lowest BCUT2D eigenvalue weighted by atomic mass is 9.76. The summed E-state index contributed by atoms with van der Waals surface area (Å²) in [6.45, 7) is 0. The minimum absolute atomic E-state index is 0.0658. The van der Waals surface area contributed by atoms with Gasteiger partial charge in [0.15, 0.2) is 5.78 Å². The van der Waals surface area contributed by atoms with Gasteiger partial charge >= 0.3 is 0 Å². The Bertz CT molecular complexity index is 966. The first kappa shape index (κ1) is 16.0. The van der Waals surface area contributed by atoms with E-state index >= 15 is 0 Å². The van der Waals surface area contributed by atoms with Gasteiger partial charge < -0.3 is 9.47 Å². The molecule has 0 spiro atoms. The number of rotatable bonds is 3. The lowest BCUT2D eigenvalue weighted by Crippen LogP contribution is -2.29. The van der Waals surface area contributed by atoms with Gasteiger partial charge in [-0.2, -0.15) is 0 Å². The number of carbonyl (C=O) groups is 1. The summed E-state index contributed by atoms with van der Waals surface area (Å²) < 4.78 is 11.1. The van der Waals surface area contributed by atoms with E-state index in [1.54, 1.807) is 20.3 Å². The van der Waals surface area contributed by atoms with Gasteiger partial charge in [0, 0.05) is 27.8 Å². The molecule has 0 saturated carbocycles. The van der Waals surface area contributed by atoms with Gasteiger partial charge in [-0.05, 0) is 29.8 Å². The average Bonchev–Trinajstić information content (AvgIpc) is 2.66. The van der Waals surface area contributed by atoms with Crippen molar-refractivity contribution in [2.45, 2.75) is 11.3 Å². The number of ketones is 1. The fraction of sp³-hybridized carbons (Fsp3) is 0.190. The van der Waals surface area contributed by atoms with Crippen LogP contribution in [0.15, 0.2) is 54.6 Å². The fourth-order valence-electron chi connectivity index (χ4n) is 3.74. The number of halogens is 1. The van der Waals surface area contributed by atoms with Crippen LogP contribution < -0.4 is 9.47 Å².